The van der Waals surface area contributed by atoms with Crippen molar-refractivity contribution in [2.24, 2.45) is 0 Å². The molecule has 3 heteroatoms. The molecule has 176 valence electrons. The summed E-state index contributed by atoms with van der Waals surface area (Å²) >= 11 is 0. The molecule has 0 aliphatic carbocycles. The van der Waals surface area contributed by atoms with Gasteiger partial charge in [0, 0.05) is 0 Å². The second kappa shape index (κ2) is 10.8. The predicted octanol–water partition coefficient (Wildman–Crippen LogP) is 7.10. The van der Waals surface area contributed by atoms with Gasteiger partial charge in [-0.25, -0.2) is 0 Å². The van der Waals surface area contributed by atoms with Crippen LogP contribution in [0.4, 0.5) is 0 Å². The van der Waals surface area contributed by atoms with Crippen molar-refractivity contribution in [3.8, 4) is 17.2 Å². The molecule has 0 atom stereocenters. The van der Waals surface area contributed by atoms with Crippen molar-refractivity contribution in [3.63, 3.8) is 0 Å². The number of hydrogen-bond acceptors (Lipinski definition) is 3. The van der Waals surface area contributed by atoms with E-state index in [9.17, 15) is 0 Å². The van der Waals surface area contributed by atoms with Gasteiger partial charge in [-0.1, -0.05) is 18.2 Å². The van der Waals surface area contributed by atoms with Crippen LogP contribution in [0.15, 0.2) is 36.4 Å². The molecule has 0 saturated heterocycles. The van der Waals surface area contributed by atoms with Crippen molar-refractivity contribution in [2.75, 3.05) is 20.3 Å². The highest BCUT2D eigenvalue weighted by molar-refractivity contribution is 5.47. The maximum absolute atomic E-state index is 6.12. The Morgan fingerprint density at radius 1 is 0.455 bits per heavy atom. The average molecular weight is 447 g/mol. The Labute approximate surface area is 199 Å². The predicted molar refractivity (Wildman–Crippen MR) is 137 cm³/mol. The molecule has 0 unspecified atom stereocenters. The van der Waals surface area contributed by atoms with Crippen molar-refractivity contribution < 1.29 is 14.2 Å². The van der Waals surface area contributed by atoms with E-state index in [1.165, 1.54) is 38.9 Å². The summed E-state index contributed by atoms with van der Waals surface area (Å²) in [7, 11) is 1.74. The van der Waals surface area contributed by atoms with Crippen LogP contribution in [0.3, 0.4) is 0 Å². The highest BCUT2D eigenvalue weighted by atomic mass is 16.5. The molecular formula is C30H38O3. The van der Waals surface area contributed by atoms with Crippen LogP contribution in [0.2, 0.25) is 0 Å². The normalized spacial score (nSPS) is 10.9. The van der Waals surface area contributed by atoms with Crippen LogP contribution in [0.5, 0.6) is 17.2 Å². The molecule has 0 aliphatic rings. The van der Waals surface area contributed by atoms with Crippen LogP contribution in [0.25, 0.3) is 0 Å². The van der Waals surface area contributed by atoms with Crippen LogP contribution in [0.1, 0.15) is 50.1 Å². The minimum Gasteiger partial charge on any atom is -0.496 e. The molecule has 0 heterocycles. The number of benzene rings is 3. The molecule has 3 aromatic carbocycles. The van der Waals surface area contributed by atoms with Crippen molar-refractivity contribution in [1.82, 2.24) is 0 Å². The highest BCUT2D eigenvalue weighted by Crippen LogP contribution is 2.30. The summed E-state index contributed by atoms with van der Waals surface area (Å²) in [4.78, 5) is 0. The second-order valence-electron chi connectivity index (χ2n) is 9.19. The topological polar surface area (TPSA) is 27.7 Å². The first-order chi connectivity index (χ1) is 15.7. The molecule has 33 heavy (non-hydrogen) atoms. The average Bonchev–Trinajstić information content (AvgIpc) is 2.77. The van der Waals surface area contributed by atoms with E-state index in [2.05, 4.69) is 84.9 Å². The van der Waals surface area contributed by atoms with Gasteiger partial charge in [-0.05, 0) is 130 Å². The zero-order chi connectivity index (χ0) is 24.1. The molecular weight excluding hydrogens is 408 g/mol. The number of methoxy groups -OCH3 is 1. The van der Waals surface area contributed by atoms with E-state index in [1.807, 2.05) is 0 Å². The highest BCUT2D eigenvalue weighted by Gasteiger charge is 2.11. The van der Waals surface area contributed by atoms with Crippen molar-refractivity contribution >= 4 is 0 Å². The fraction of sp³-hybridized carbons (Fsp3) is 0.400. The van der Waals surface area contributed by atoms with Gasteiger partial charge >= 0.3 is 0 Å². The van der Waals surface area contributed by atoms with Crippen LogP contribution in [0, 0.1) is 48.5 Å². The van der Waals surface area contributed by atoms with Gasteiger partial charge in [0.05, 0.1) is 7.11 Å². The molecule has 0 radical (unpaired) electrons. The molecule has 3 aromatic rings. The Bertz CT molecular complexity index is 1130. The van der Waals surface area contributed by atoms with E-state index in [1.54, 1.807) is 7.11 Å². The second-order valence-corrected chi connectivity index (χ2v) is 9.19. The molecule has 0 amide bonds. The Morgan fingerprint density at radius 3 is 1.55 bits per heavy atom. The SMILES string of the molecule is COc1cc(C)c(OCCOc2cc(C)c(C)cc2C)cc1CCc1cc(C)c(C)cc1C. The molecule has 0 spiro atoms. The van der Waals surface area contributed by atoms with Crippen molar-refractivity contribution in [3.05, 3.63) is 86.5 Å². The van der Waals surface area contributed by atoms with Crippen LogP contribution in [-0.4, -0.2) is 20.3 Å². The summed E-state index contributed by atoms with van der Waals surface area (Å²) in [5, 5.41) is 0. The lowest BCUT2D eigenvalue weighted by Gasteiger charge is -2.16. The molecule has 0 saturated carbocycles. The molecule has 0 N–H and O–H groups in total. The lowest BCUT2D eigenvalue weighted by atomic mass is 9.95. The van der Waals surface area contributed by atoms with Crippen molar-refractivity contribution in [1.29, 1.82) is 0 Å². The molecule has 0 aliphatic heterocycles. The lowest BCUT2D eigenvalue weighted by Crippen LogP contribution is -2.11. The number of hydrogen-bond donors (Lipinski definition) is 0. The minimum absolute atomic E-state index is 0.495. The third kappa shape index (κ3) is 6.10. The van der Waals surface area contributed by atoms with E-state index in [4.69, 9.17) is 14.2 Å². The van der Waals surface area contributed by atoms with Crippen LogP contribution >= 0.6 is 0 Å². The van der Waals surface area contributed by atoms with E-state index in [-0.39, 0.29) is 0 Å². The quantitative estimate of drug-likeness (QED) is 0.328. The number of aryl methyl sites for hydroxylation is 9. The summed E-state index contributed by atoms with van der Waals surface area (Å²) in [6, 6.07) is 13.1. The molecule has 0 fully saturated rings. The summed E-state index contributed by atoms with van der Waals surface area (Å²) in [5.74, 6) is 2.74. The summed E-state index contributed by atoms with van der Waals surface area (Å²) in [5.41, 5.74) is 11.3. The molecule has 0 aromatic heterocycles. The Hall–Kier alpha value is -2.94. The van der Waals surface area contributed by atoms with Crippen LogP contribution < -0.4 is 14.2 Å². The summed E-state index contributed by atoms with van der Waals surface area (Å²) < 4.78 is 17.8. The first-order valence-electron chi connectivity index (χ1n) is 11.8. The summed E-state index contributed by atoms with van der Waals surface area (Å²) in [6.45, 7) is 15.9. The smallest absolute Gasteiger partial charge is 0.122 e. The van der Waals surface area contributed by atoms with Gasteiger partial charge in [0.25, 0.3) is 0 Å². The molecule has 3 rings (SSSR count). The third-order valence-corrected chi connectivity index (χ3v) is 6.58. The Balaban J connectivity index is 1.66. The Morgan fingerprint density at radius 2 is 0.909 bits per heavy atom. The first kappa shape index (κ1) is 24.7. The number of ether oxygens (including phenoxy) is 3. The first-order valence-corrected chi connectivity index (χ1v) is 11.8. The largest absolute Gasteiger partial charge is 0.496 e. The van der Waals surface area contributed by atoms with E-state index < -0.39 is 0 Å². The van der Waals surface area contributed by atoms with Gasteiger partial charge in [-0.3, -0.25) is 0 Å². The van der Waals surface area contributed by atoms with Gasteiger partial charge in [0.1, 0.15) is 30.5 Å². The number of rotatable bonds is 9. The maximum Gasteiger partial charge on any atom is 0.122 e. The zero-order valence-electron chi connectivity index (χ0n) is 21.5. The van der Waals surface area contributed by atoms with Gasteiger partial charge in [0.2, 0.25) is 0 Å². The van der Waals surface area contributed by atoms with Gasteiger partial charge in [-0.2, -0.15) is 0 Å². The lowest BCUT2D eigenvalue weighted by molar-refractivity contribution is 0.215. The third-order valence-electron chi connectivity index (χ3n) is 6.58. The monoisotopic (exact) mass is 446 g/mol. The molecule has 3 nitrogen and oxygen atoms in total. The minimum atomic E-state index is 0.495. The maximum atomic E-state index is 6.12. The Kier molecular flexibility index (Phi) is 8.07. The fourth-order valence-corrected chi connectivity index (χ4v) is 4.20. The standard InChI is InChI=1S/C30H38O3/c1-19-13-23(5)26(15-21(19)3)9-10-27-18-29(25(7)17-30(27)31-8)33-12-11-32-28-16-22(4)20(2)14-24(28)6/h13-18H,9-12H2,1-8H3. The molecule has 0 bridgehead atoms. The van der Waals surface area contributed by atoms with E-state index >= 15 is 0 Å². The van der Waals surface area contributed by atoms with Crippen molar-refractivity contribution in [2.45, 2.75) is 61.3 Å². The van der Waals surface area contributed by atoms with Crippen LogP contribution in [-0.2, 0) is 12.8 Å². The summed E-state index contributed by atoms with van der Waals surface area (Å²) in [6.07, 6.45) is 1.88. The van der Waals surface area contributed by atoms with Gasteiger partial charge < -0.3 is 14.2 Å². The fourth-order valence-electron chi connectivity index (χ4n) is 4.20. The zero-order valence-corrected chi connectivity index (χ0v) is 21.5. The van der Waals surface area contributed by atoms with Gasteiger partial charge in [-0.15, -0.1) is 0 Å². The van der Waals surface area contributed by atoms with Gasteiger partial charge in [0.15, 0.2) is 0 Å². The van der Waals surface area contributed by atoms with E-state index in [0.29, 0.717) is 13.2 Å². The van der Waals surface area contributed by atoms with E-state index in [0.717, 1.165) is 41.2 Å².